The zero-order chi connectivity index (χ0) is 17.2. The van der Waals surface area contributed by atoms with Crippen molar-refractivity contribution < 1.29 is 22.7 Å². The highest BCUT2D eigenvalue weighted by molar-refractivity contribution is 5.92. The third-order valence-corrected chi connectivity index (χ3v) is 4.16. The molecule has 1 aliphatic carbocycles. The second-order valence-corrected chi connectivity index (χ2v) is 6.43. The maximum atomic E-state index is 12.2. The van der Waals surface area contributed by atoms with E-state index in [0.717, 1.165) is 32.0 Å². The minimum Gasteiger partial charge on any atom is -0.468 e. The molecule has 1 aliphatic heterocycles. The summed E-state index contributed by atoms with van der Waals surface area (Å²) in [6, 6.07) is 4.28. The molecule has 8 heteroatoms. The number of alkyl halides is 3. The van der Waals surface area contributed by atoms with Gasteiger partial charge in [0.15, 0.2) is 6.61 Å². The fourth-order valence-corrected chi connectivity index (χ4v) is 2.82. The summed E-state index contributed by atoms with van der Waals surface area (Å²) in [5.74, 6) is 0.219. The van der Waals surface area contributed by atoms with Crippen LogP contribution in [0, 0.1) is 5.92 Å². The van der Waals surface area contributed by atoms with E-state index in [1.54, 1.807) is 0 Å². The number of likely N-dealkylation sites (tertiary alicyclic amines) is 1. The summed E-state index contributed by atoms with van der Waals surface area (Å²) in [6.45, 7) is 1.44. The van der Waals surface area contributed by atoms with Crippen molar-refractivity contribution >= 4 is 5.91 Å². The van der Waals surface area contributed by atoms with E-state index in [1.165, 1.54) is 31.0 Å². The molecule has 0 unspecified atom stereocenters. The molecule has 24 heavy (non-hydrogen) atoms. The number of nitrogens with one attached hydrogen (secondary N) is 1. The number of amides is 1. The van der Waals surface area contributed by atoms with Gasteiger partial charge >= 0.3 is 6.18 Å². The third kappa shape index (κ3) is 5.09. The van der Waals surface area contributed by atoms with Crippen LogP contribution in [0.4, 0.5) is 13.2 Å². The van der Waals surface area contributed by atoms with Gasteiger partial charge in [0.1, 0.15) is 5.69 Å². The largest absolute Gasteiger partial charge is 0.468 e. The Labute approximate surface area is 138 Å². The lowest BCUT2D eigenvalue weighted by atomic mass is 10.2. The van der Waals surface area contributed by atoms with E-state index >= 15 is 0 Å². The number of carbonyl (C=O) groups is 1. The van der Waals surface area contributed by atoms with E-state index in [-0.39, 0.29) is 23.5 Å². The van der Waals surface area contributed by atoms with Gasteiger partial charge in [-0.2, -0.15) is 13.2 Å². The van der Waals surface area contributed by atoms with Crippen LogP contribution in [0.5, 0.6) is 5.88 Å². The molecule has 2 aliphatic rings. The molecule has 0 spiro atoms. The second kappa shape index (κ2) is 6.96. The van der Waals surface area contributed by atoms with Crippen LogP contribution in [0.25, 0.3) is 0 Å². The molecule has 0 bridgehead atoms. The minimum atomic E-state index is -4.44. The van der Waals surface area contributed by atoms with Crippen LogP contribution >= 0.6 is 0 Å². The van der Waals surface area contributed by atoms with Gasteiger partial charge in [0, 0.05) is 31.7 Å². The molecular formula is C16H20F3N3O2. The van der Waals surface area contributed by atoms with Gasteiger partial charge in [0.25, 0.3) is 5.91 Å². The lowest BCUT2D eigenvalue weighted by Crippen LogP contribution is -2.37. The molecule has 1 amide bonds. The second-order valence-electron chi connectivity index (χ2n) is 6.43. The molecule has 1 atom stereocenters. The summed E-state index contributed by atoms with van der Waals surface area (Å²) in [5, 5.41) is 2.90. The van der Waals surface area contributed by atoms with Gasteiger partial charge in [0.05, 0.1) is 0 Å². The topological polar surface area (TPSA) is 54.5 Å². The Balaban J connectivity index is 1.51. The first kappa shape index (κ1) is 17.0. The standard InChI is InChI=1S/C16H20F3N3O2/c17-16(18,19)10-24-14-3-1-2-13(21-14)15(23)20-12-6-7-22(9-12)8-11-4-5-11/h1-3,11-12H,4-10H2,(H,20,23)/t12-/m0/s1. The molecule has 1 aromatic heterocycles. The van der Waals surface area contributed by atoms with E-state index in [2.05, 4.69) is 19.9 Å². The third-order valence-electron chi connectivity index (χ3n) is 4.16. The summed E-state index contributed by atoms with van der Waals surface area (Å²) in [7, 11) is 0. The monoisotopic (exact) mass is 343 g/mol. The maximum absolute atomic E-state index is 12.2. The molecule has 2 fully saturated rings. The van der Waals surface area contributed by atoms with Crippen molar-refractivity contribution in [1.29, 1.82) is 0 Å². The number of hydrogen-bond donors (Lipinski definition) is 1. The Kier molecular flexibility index (Phi) is 4.93. The number of hydrogen-bond acceptors (Lipinski definition) is 4. The minimum absolute atomic E-state index is 0.0535. The first-order valence-electron chi connectivity index (χ1n) is 8.09. The molecular weight excluding hydrogens is 323 g/mol. The zero-order valence-corrected chi connectivity index (χ0v) is 13.2. The summed E-state index contributed by atoms with van der Waals surface area (Å²) in [6.07, 6.45) is -0.970. The van der Waals surface area contributed by atoms with E-state index < -0.39 is 12.8 Å². The molecule has 0 radical (unpaired) electrons. The quantitative estimate of drug-likeness (QED) is 0.861. The molecule has 2 heterocycles. The fraction of sp³-hybridized carbons (Fsp3) is 0.625. The number of carbonyl (C=O) groups excluding carboxylic acids is 1. The summed E-state index contributed by atoms with van der Waals surface area (Å²) >= 11 is 0. The van der Waals surface area contributed by atoms with Crippen LogP contribution in [0.2, 0.25) is 0 Å². The Morgan fingerprint density at radius 3 is 2.83 bits per heavy atom. The van der Waals surface area contributed by atoms with Gasteiger partial charge in [-0.3, -0.25) is 4.79 Å². The van der Waals surface area contributed by atoms with Gasteiger partial charge in [-0.05, 0) is 31.2 Å². The summed E-state index contributed by atoms with van der Waals surface area (Å²) in [5.41, 5.74) is 0.0651. The SMILES string of the molecule is O=C(N[C@H]1CCN(CC2CC2)C1)c1cccc(OCC(F)(F)F)n1. The van der Waals surface area contributed by atoms with E-state index in [4.69, 9.17) is 0 Å². The smallest absolute Gasteiger partial charge is 0.422 e. The lowest BCUT2D eigenvalue weighted by Gasteiger charge is -2.16. The first-order chi connectivity index (χ1) is 11.4. The number of halogens is 3. The Bertz CT molecular complexity index is 590. The average Bonchev–Trinajstić information content (AvgIpc) is 3.23. The number of ether oxygens (including phenoxy) is 1. The van der Waals surface area contributed by atoms with Crippen LogP contribution in [0.3, 0.4) is 0 Å². The molecule has 0 aromatic carbocycles. The number of pyridine rings is 1. The molecule has 1 saturated carbocycles. The fourth-order valence-electron chi connectivity index (χ4n) is 2.82. The van der Waals surface area contributed by atoms with Crippen LogP contribution in [0.1, 0.15) is 29.8 Å². The highest BCUT2D eigenvalue weighted by Gasteiger charge is 2.30. The van der Waals surface area contributed by atoms with E-state index in [9.17, 15) is 18.0 Å². The van der Waals surface area contributed by atoms with E-state index in [0.29, 0.717) is 0 Å². The van der Waals surface area contributed by atoms with Crippen molar-refractivity contribution in [3.8, 4) is 5.88 Å². The average molecular weight is 343 g/mol. The molecule has 5 nitrogen and oxygen atoms in total. The molecule has 1 saturated heterocycles. The lowest BCUT2D eigenvalue weighted by molar-refractivity contribution is -0.154. The number of aromatic nitrogens is 1. The van der Waals surface area contributed by atoms with Gasteiger partial charge in [0.2, 0.25) is 5.88 Å². The number of nitrogens with zero attached hydrogens (tertiary/aromatic N) is 2. The van der Waals surface area contributed by atoms with Gasteiger partial charge in [-0.1, -0.05) is 6.07 Å². The summed E-state index contributed by atoms with van der Waals surface area (Å²) < 4.78 is 41.1. The summed E-state index contributed by atoms with van der Waals surface area (Å²) in [4.78, 5) is 18.4. The Morgan fingerprint density at radius 2 is 2.12 bits per heavy atom. The van der Waals surface area contributed by atoms with E-state index in [1.807, 2.05) is 0 Å². The highest BCUT2D eigenvalue weighted by atomic mass is 19.4. The number of rotatable bonds is 6. The zero-order valence-electron chi connectivity index (χ0n) is 13.2. The Hall–Kier alpha value is -1.83. The van der Waals surface area contributed by atoms with Crippen molar-refractivity contribution in [1.82, 2.24) is 15.2 Å². The van der Waals surface area contributed by atoms with Crippen molar-refractivity contribution in [2.24, 2.45) is 5.92 Å². The van der Waals surface area contributed by atoms with Crippen LogP contribution in [-0.4, -0.2) is 54.3 Å². The van der Waals surface area contributed by atoms with Crippen LogP contribution in [-0.2, 0) is 0 Å². The maximum Gasteiger partial charge on any atom is 0.422 e. The highest BCUT2D eigenvalue weighted by Crippen LogP contribution is 2.30. The van der Waals surface area contributed by atoms with Gasteiger partial charge in [-0.15, -0.1) is 0 Å². The molecule has 1 aromatic rings. The van der Waals surface area contributed by atoms with Gasteiger partial charge < -0.3 is 15.0 Å². The van der Waals surface area contributed by atoms with Crippen molar-refractivity contribution in [2.75, 3.05) is 26.2 Å². The van der Waals surface area contributed by atoms with Crippen LogP contribution in [0.15, 0.2) is 18.2 Å². The normalized spacial score (nSPS) is 21.7. The molecule has 132 valence electrons. The predicted molar refractivity (Wildman–Crippen MR) is 80.8 cm³/mol. The Morgan fingerprint density at radius 1 is 1.33 bits per heavy atom. The predicted octanol–water partition coefficient (Wildman–Crippen LogP) is 2.24. The van der Waals surface area contributed by atoms with Crippen LogP contribution < -0.4 is 10.1 Å². The molecule has 1 N–H and O–H groups in total. The molecule has 3 rings (SSSR count). The van der Waals surface area contributed by atoms with Gasteiger partial charge in [-0.25, -0.2) is 4.98 Å². The first-order valence-corrected chi connectivity index (χ1v) is 8.09. The van der Waals surface area contributed by atoms with Crippen molar-refractivity contribution in [2.45, 2.75) is 31.5 Å². The van der Waals surface area contributed by atoms with Crippen molar-refractivity contribution in [3.05, 3.63) is 23.9 Å². The van der Waals surface area contributed by atoms with Crippen molar-refractivity contribution in [3.63, 3.8) is 0 Å².